The van der Waals surface area contributed by atoms with E-state index in [1.165, 1.54) is 14.2 Å². The van der Waals surface area contributed by atoms with E-state index < -0.39 is 6.09 Å². The number of nitrogens with zero attached hydrogens (tertiary/aromatic N) is 2. The zero-order valence-corrected chi connectivity index (χ0v) is 13.5. The van der Waals surface area contributed by atoms with Crippen molar-refractivity contribution in [1.29, 1.82) is 0 Å². The summed E-state index contributed by atoms with van der Waals surface area (Å²) in [5.74, 6) is 0.678. The molecule has 0 saturated carbocycles. The highest BCUT2D eigenvalue weighted by Gasteiger charge is 2.38. The van der Waals surface area contributed by atoms with Crippen molar-refractivity contribution in [2.75, 3.05) is 40.5 Å². The smallest absolute Gasteiger partial charge is 0.417 e. The minimum Gasteiger partial charge on any atom is -0.497 e. The molecule has 24 heavy (non-hydrogen) atoms. The SMILES string of the molecule is COc1cc(OC)cc(C(=O)N2CC(CN3C(=O)COC3=O)C2)c1. The molecule has 8 nitrogen and oxygen atoms in total. The number of hydrogen-bond acceptors (Lipinski definition) is 6. The Balaban J connectivity index is 1.60. The maximum Gasteiger partial charge on any atom is 0.417 e. The maximum absolute atomic E-state index is 12.5. The number of amides is 3. The Labute approximate surface area is 138 Å². The number of methoxy groups -OCH3 is 2. The zero-order chi connectivity index (χ0) is 17.3. The van der Waals surface area contributed by atoms with Crippen molar-refractivity contribution < 1.29 is 28.6 Å². The van der Waals surface area contributed by atoms with Crippen molar-refractivity contribution in [2.45, 2.75) is 0 Å². The summed E-state index contributed by atoms with van der Waals surface area (Å²) in [6, 6.07) is 5.00. The second-order valence-corrected chi connectivity index (χ2v) is 5.74. The number of rotatable bonds is 5. The number of imide groups is 1. The predicted molar refractivity (Wildman–Crippen MR) is 82.0 cm³/mol. The minimum absolute atomic E-state index is 0.0658. The van der Waals surface area contributed by atoms with Gasteiger partial charge in [-0.15, -0.1) is 0 Å². The van der Waals surface area contributed by atoms with Crippen molar-refractivity contribution >= 4 is 17.9 Å². The molecule has 2 heterocycles. The lowest BCUT2D eigenvalue weighted by Gasteiger charge is -2.40. The van der Waals surface area contributed by atoms with Gasteiger partial charge in [-0.25, -0.2) is 9.69 Å². The van der Waals surface area contributed by atoms with Gasteiger partial charge in [0.25, 0.3) is 11.8 Å². The van der Waals surface area contributed by atoms with Crippen LogP contribution in [0.25, 0.3) is 0 Å². The molecule has 3 amide bonds. The number of hydrogen-bond donors (Lipinski definition) is 0. The molecule has 2 fully saturated rings. The third kappa shape index (κ3) is 2.99. The van der Waals surface area contributed by atoms with Crippen molar-refractivity contribution in [3.8, 4) is 11.5 Å². The summed E-state index contributed by atoms with van der Waals surface area (Å²) in [5.41, 5.74) is 0.473. The molecule has 1 aromatic rings. The Bertz CT molecular complexity index is 645. The first kappa shape index (κ1) is 16.1. The van der Waals surface area contributed by atoms with Gasteiger partial charge in [-0.2, -0.15) is 0 Å². The fraction of sp³-hybridized carbons (Fsp3) is 0.438. The molecule has 2 aliphatic rings. The maximum atomic E-state index is 12.5. The quantitative estimate of drug-likeness (QED) is 0.790. The first-order chi connectivity index (χ1) is 11.5. The Hall–Kier alpha value is -2.77. The van der Waals surface area contributed by atoms with E-state index in [1.54, 1.807) is 23.1 Å². The highest BCUT2D eigenvalue weighted by atomic mass is 16.6. The van der Waals surface area contributed by atoms with Crippen LogP contribution < -0.4 is 9.47 Å². The van der Waals surface area contributed by atoms with Crippen molar-refractivity contribution in [2.24, 2.45) is 5.92 Å². The molecular formula is C16H18N2O6. The number of ether oxygens (including phenoxy) is 3. The summed E-state index contributed by atoms with van der Waals surface area (Å²) < 4.78 is 15.0. The lowest BCUT2D eigenvalue weighted by molar-refractivity contribution is -0.126. The van der Waals surface area contributed by atoms with Crippen LogP contribution in [0.3, 0.4) is 0 Å². The molecule has 1 aromatic carbocycles. The van der Waals surface area contributed by atoms with Gasteiger partial charge in [-0.1, -0.05) is 0 Å². The molecule has 0 unspecified atom stereocenters. The van der Waals surface area contributed by atoms with Crippen LogP contribution in [0, 0.1) is 5.92 Å². The highest BCUT2D eigenvalue weighted by molar-refractivity contribution is 5.98. The summed E-state index contributed by atoms with van der Waals surface area (Å²) in [5, 5.41) is 0. The van der Waals surface area contributed by atoms with Gasteiger partial charge in [0, 0.05) is 37.2 Å². The van der Waals surface area contributed by atoms with E-state index in [1.807, 2.05) is 0 Å². The Morgan fingerprint density at radius 3 is 2.29 bits per heavy atom. The van der Waals surface area contributed by atoms with Gasteiger partial charge in [0.2, 0.25) is 0 Å². The molecular weight excluding hydrogens is 316 g/mol. The van der Waals surface area contributed by atoms with Crippen molar-refractivity contribution in [1.82, 2.24) is 9.80 Å². The number of carbonyl (C=O) groups is 3. The van der Waals surface area contributed by atoms with Gasteiger partial charge < -0.3 is 19.1 Å². The second kappa shape index (κ2) is 6.38. The third-order valence-electron chi connectivity index (χ3n) is 4.12. The first-order valence-electron chi connectivity index (χ1n) is 7.51. The molecule has 128 valence electrons. The molecule has 3 rings (SSSR count). The summed E-state index contributed by atoms with van der Waals surface area (Å²) in [6.45, 7) is 1.05. The lowest BCUT2D eigenvalue weighted by atomic mass is 9.98. The lowest BCUT2D eigenvalue weighted by Crippen LogP contribution is -2.54. The number of benzene rings is 1. The molecule has 0 bridgehead atoms. The number of carbonyl (C=O) groups excluding carboxylic acids is 3. The van der Waals surface area contributed by atoms with Gasteiger partial charge in [-0.05, 0) is 12.1 Å². The second-order valence-electron chi connectivity index (χ2n) is 5.74. The van der Waals surface area contributed by atoms with E-state index in [9.17, 15) is 14.4 Å². The Morgan fingerprint density at radius 2 is 1.79 bits per heavy atom. The summed E-state index contributed by atoms with van der Waals surface area (Å²) in [6.07, 6.45) is -0.609. The normalized spacial score (nSPS) is 17.6. The molecule has 2 saturated heterocycles. The molecule has 2 aliphatic heterocycles. The molecule has 8 heteroatoms. The van der Waals surface area contributed by atoms with E-state index in [2.05, 4.69) is 4.74 Å². The Kier molecular flexibility index (Phi) is 4.28. The largest absolute Gasteiger partial charge is 0.497 e. The van der Waals surface area contributed by atoms with E-state index in [4.69, 9.17) is 9.47 Å². The number of likely N-dealkylation sites (tertiary alicyclic amines) is 1. The van der Waals surface area contributed by atoms with Crippen LogP contribution in [0.4, 0.5) is 4.79 Å². The molecule has 0 aromatic heterocycles. The fourth-order valence-corrected chi connectivity index (χ4v) is 2.78. The summed E-state index contributed by atoms with van der Waals surface area (Å²) >= 11 is 0. The van der Waals surface area contributed by atoms with E-state index in [-0.39, 0.29) is 30.9 Å². The molecule has 0 atom stereocenters. The van der Waals surface area contributed by atoms with Crippen LogP contribution in [0.2, 0.25) is 0 Å². The van der Waals surface area contributed by atoms with Crippen LogP contribution in [0.5, 0.6) is 11.5 Å². The highest BCUT2D eigenvalue weighted by Crippen LogP contribution is 2.26. The Morgan fingerprint density at radius 1 is 1.17 bits per heavy atom. The van der Waals surface area contributed by atoms with Gasteiger partial charge >= 0.3 is 6.09 Å². The minimum atomic E-state index is -0.609. The summed E-state index contributed by atoms with van der Waals surface area (Å²) in [7, 11) is 3.05. The standard InChI is InChI=1S/C16H18N2O6/c1-22-12-3-11(4-13(5-12)23-2)15(20)17-6-10(7-17)8-18-14(19)9-24-16(18)21/h3-5,10H,6-9H2,1-2H3. The average molecular weight is 334 g/mol. The molecule has 0 aliphatic carbocycles. The van der Waals surface area contributed by atoms with Gasteiger partial charge in [0.1, 0.15) is 11.5 Å². The molecule has 0 radical (unpaired) electrons. The topological polar surface area (TPSA) is 85.4 Å². The van der Waals surface area contributed by atoms with Crippen LogP contribution in [-0.2, 0) is 9.53 Å². The molecule has 0 N–H and O–H groups in total. The molecule has 0 spiro atoms. The van der Waals surface area contributed by atoms with Crippen molar-refractivity contribution in [3.63, 3.8) is 0 Å². The van der Waals surface area contributed by atoms with Gasteiger partial charge in [-0.3, -0.25) is 9.59 Å². The monoisotopic (exact) mass is 334 g/mol. The first-order valence-corrected chi connectivity index (χ1v) is 7.51. The van der Waals surface area contributed by atoms with Gasteiger partial charge in [0.05, 0.1) is 14.2 Å². The van der Waals surface area contributed by atoms with Crippen LogP contribution in [-0.4, -0.2) is 68.2 Å². The predicted octanol–water partition coefficient (Wildman–Crippen LogP) is 0.755. The third-order valence-corrected chi connectivity index (χ3v) is 4.12. The van der Waals surface area contributed by atoms with E-state index in [0.29, 0.717) is 30.2 Å². The summed E-state index contributed by atoms with van der Waals surface area (Å²) in [4.78, 5) is 38.2. The van der Waals surface area contributed by atoms with Crippen LogP contribution in [0.1, 0.15) is 10.4 Å². The number of cyclic esters (lactones) is 1. The average Bonchev–Trinajstić information content (AvgIpc) is 2.87. The zero-order valence-electron chi connectivity index (χ0n) is 13.5. The van der Waals surface area contributed by atoms with E-state index >= 15 is 0 Å². The van der Waals surface area contributed by atoms with E-state index in [0.717, 1.165) is 4.90 Å². The van der Waals surface area contributed by atoms with Crippen LogP contribution >= 0.6 is 0 Å². The van der Waals surface area contributed by atoms with Crippen LogP contribution in [0.15, 0.2) is 18.2 Å². The van der Waals surface area contributed by atoms with Crippen molar-refractivity contribution in [3.05, 3.63) is 23.8 Å². The van der Waals surface area contributed by atoms with Gasteiger partial charge in [0.15, 0.2) is 6.61 Å². The fourth-order valence-electron chi connectivity index (χ4n) is 2.78.